The summed E-state index contributed by atoms with van der Waals surface area (Å²) in [7, 11) is 0. The van der Waals surface area contributed by atoms with Gasteiger partial charge in [0.15, 0.2) is 0 Å². The second-order valence-corrected chi connectivity index (χ2v) is 3.96. The van der Waals surface area contributed by atoms with Crippen molar-refractivity contribution in [2.45, 2.75) is 6.42 Å². The predicted molar refractivity (Wildman–Crippen MR) is 64.7 cm³/mol. The number of fused-ring (bicyclic) bond motifs is 1. The maximum absolute atomic E-state index is 8.59. The molecule has 3 N–H and O–H groups in total. The minimum absolute atomic E-state index is 0.0904. The molecular weight excluding hydrogens is 204 g/mol. The molecule has 4 heteroatoms. The molecule has 0 saturated heterocycles. The lowest BCUT2D eigenvalue weighted by Crippen LogP contribution is -2.25. The van der Waals surface area contributed by atoms with Crippen LogP contribution in [-0.2, 0) is 11.2 Å². The SMILES string of the molecule is Nc1ccc2c(c1)CCN2CCOCCO. The van der Waals surface area contributed by atoms with Gasteiger partial charge in [0.2, 0.25) is 0 Å². The molecule has 16 heavy (non-hydrogen) atoms. The molecule has 0 bridgehead atoms. The number of rotatable bonds is 5. The van der Waals surface area contributed by atoms with Crippen LogP contribution in [0.15, 0.2) is 18.2 Å². The smallest absolute Gasteiger partial charge is 0.0698 e. The molecule has 1 aromatic carbocycles. The molecule has 0 saturated carbocycles. The fourth-order valence-electron chi connectivity index (χ4n) is 2.06. The average Bonchev–Trinajstić information content (AvgIpc) is 2.67. The van der Waals surface area contributed by atoms with Crippen LogP contribution in [0.5, 0.6) is 0 Å². The molecule has 0 fully saturated rings. The van der Waals surface area contributed by atoms with Crippen LogP contribution in [0.1, 0.15) is 5.56 Å². The number of aliphatic hydroxyl groups excluding tert-OH is 1. The van der Waals surface area contributed by atoms with E-state index in [2.05, 4.69) is 11.0 Å². The molecule has 4 nitrogen and oxygen atoms in total. The zero-order valence-corrected chi connectivity index (χ0v) is 9.35. The minimum Gasteiger partial charge on any atom is -0.399 e. The zero-order valence-electron chi connectivity index (χ0n) is 9.35. The Kier molecular flexibility index (Phi) is 3.64. The number of nitrogen functional groups attached to an aromatic ring is 1. The van der Waals surface area contributed by atoms with Crippen molar-refractivity contribution in [2.75, 3.05) is 43.5 Å². The van der Waals surface area contributed by atoms with Crippen molar-refractivity contribution in [2.24, 2.45) is 0 Å². The first-order chi connectivity index (χ1) is 7.81. The van der Waals surface area contributed by atoms with E-state index in [1.807, 2.05) is 12.1 Å². The summed E-state index contributed by atoms with van der Waals surface area (Å²) in [5, 5.41) is 8.59. The summed E-state index contributed by atoms with van der Waals surface area (Å²) in [6.45, 7) is 3.07. The number of ether oxygens (including phenoxy) is 1. The van der Waals surface area contributed by atoms with Crippen molar-refractivity contribution >= 4 is 11.4 Å². The number of nitrogens with zero attached hydrogens (tertiary/aromatic N) is 1. The molecule has 0 atom stereocenters. The lowest BCUT2D eigenvalue weighted by Gasteiger charge is -2.19. The quantitative estimate of drug-likeness (QED) is 0.567. The third-order valence-electron chi connectivity index (χ3n) is 2.84. The molecule has 0 aliphatic carbocycles. The molecule has 0 aromatic heterocycles. The van der Waals surface area contributed by atoms with E-state index >= 15 is 0 Å². The Morgan fingerprint density at radius 1 is 1.38 bits per heavy atom. The second-order valence-electron chi connectivity index (χ2n) is 3.96. The summed E-state index contributed by atoms with van der Waals surface area (Å²) in [5.41, 5.74) is 9.16. The molecule has 2 rings (SSSR count). The van der Waals surface area contributed by atoms with E-state index in [0.29, 0.717) is 13.2 Å². The molecule has 1 aliphatic heterocycles. The van der Waals surface area contributed by atoms with Gasteiger partial charge in [0.1, 0.15) is 0 Å². The Morgan fingerprint density at radius 3 is 3.06 bits per heavy atom. The molecular formula is C12H18N2O2. The predicted octanol–water partition coefficient (Wildman–Crippen LogP) is 0.640. The number of hydrogen-bond acceptors (Lipinski definition) is 4. The van der Waals surface area contributed by atoms with Gasteiger partial charge in [-0.2, -0.15) is 0 Å². The van der Waals surface area contributed by atoms with Gasteiger partial charge < -0.3 is 20.5 Å². The van der Waals surface area contributed by atoms with Crippen LogP contribution in [0.25, 0.3) is 0 Å². The molecule has 1 aliphatic rings. The summed E-state index contributed by atoms with van der Waals surface area (Å²) < 4.78 is 5.27. The topological polar surface area (TPSA) is 58.7 Å². The number of hydrogen-bond donors (Lipinski definition) is 2. The summed E-state index contributed by atoms with van der Waals surface area (Å²) in [6.07, 6.45) is 1.06. The standard InChI is InChI=1S/C12H18N2O2/c13-11-1-2-12-10(9-11)3-4-14(12)5-7-16-8-6-15/h1-2,9,15H,3-8,13H2. The Bertz CT molecular complexity index is 355. The molecule has 0 unspecified atom stereocenters. The van der Waals surface area contributed by atoms with Crippen molar-refractivity contribution in [1.29, 1.82) is 0 Å². The van der Waals surface area contributed by atoms with Crippen molar-refractivity contribution in [3.05, 3.63) is 23.8 Å². The largest absolute Gasteiger partial charge is 0.399 e. The third kappa shape index (κ3) is 2.46. The van der Waals surface area contributed by atoms with E-state index in [1.165, 1.54) is 11.3 Å². The minimum atomic E-state index is 0.0904. The highest BCUT2D eigenvalue weighted by Gasteiger charge is 2.18. The second kappa shape index (κ2) is 5.18. The van der Waals surface area contributed by atoms with Crippen LogP contribution in [0.2, 0.25) is 0 Å². The van der Waals surface area contributed by atoms with Crippen molar-refractivity contribution in [3.8, 4) is 0 Å². The van der Waals surface area contributed by atoms with Gasteiger partial charge in [-0.3, -0.25) is 0 Å². The maximum Gasteiger partial charge on any atom is 0.0698 e. The normalized spacial score (nSPS) is 14.2. The summed E-state index contributed by atoms with van der Waals surface area (Å²) >= 11 is 0. The zero-order chi connectivity index (χ0) is 11.4. The van der Waals surface area contributed by atoms with Gasteiger partial charge in [-0.25, -0.2) is 0 Å². The van der Waals surface area contributed by atoms with E-state index < -0.39 is 0 Å². The highest BCUT2D eigenvalue weighted by molar-refractivity contribution is 5.62. The number of benzene rings is 1. The number of aliphatic hydroxyl groups is 1. The molecule has 0 amide bonds. The number of anilines is 2. The molecule has 88 valence electrons. The monoisotopic (exact) mass is 222 g/mol. The van der Waals surface area contributed by atoms with E-state index in [4.69, 9.17) is 15.6 Å². The van der Waals surface area contributed by atoms with E-state index in [-0.39, 0.29) is 6.61 Å². The first kappa shape index (κ1) is 11.2. The molecule has 0 radical (unpaired) electrons. The summed E-state index contributed by atoms with van der Waals surface area (Å²) in [6, 6.07) is 6.05. The van der Waals surface area contributed by atoms with Crippen LogP contribution < -0.4 is 10.6 Å². The Balaban J connectivity index is 1.91. The van der Waals surface area contributed by atoms with Gasteiger partial charge in [0, 0.05) is 24.5 Å². The summed E-state index contributed by atoms with van der Waals surface area (Å²) in [4.78, 5) is 2.30. The van der Waals surface area contributed by atoms with Crippen LogP contribution in [0.4, 0.5) is 11.4 Å². The highest BCUT2D eigenvalue weighted by atomic mass is 16.5. The first-order valence-electron chi connectivity index (χ1n) is 5.63. The van der Waals surface area contributed by atoms with Crippen LogP contribution in [0.3, 0.4) is 0 Å². The van der Waals surface area contributed by atoms with Crippen molar-refractivity contribution < 1.29 is 9.84 Å². The third-order valence-corrected chi connectivity index (χ3v) is 2.84. The van der Waals surface area contributed by atoms with E-state index in [0.717, 1.165) is 25.2 Å². The molecule has 1 heterocycles. The van der Waals surface area contributed by atoms with Crippen molar-refractivity contribution in [3.63, 3.8) is 0 Å². The van der Waals surface area contributed by atoms with Crippen molar-refractivity contribution in [1.82, 2.24) is 0 Å². The summed E-state index contributed by atoms with van der Waals surface area (Å²) in [5.74, 6) is 0. The molecule has 0 spiro atoms. The Labute approximate surface area is 95.6 Å². The van der Waals surface area contributed by atoms with Gasteiger partial charge in [-0.1, -0.05) is 0 Å². The van der Waals surface area contributed by atoms with E-state index in [9.17, 15) is 0 Å². The van der Waals surface area contributed by atoms with Gasteiger partial charge in [0.05, 0.1) is 19.8 Å². The Morgan fingerprint density at radius 2 is 2.25 bits per heavy atom. The van der Waals surface area contributed by atoms with Gasteiger partial charge in [-0.15, -0.1) is 0 Å². The van der Waals surface area contributed by atoms with Gasteiger partial charge >= 0.3 is 0 Å². The van der Waals surface area contributed by atoms with Crippen LogP contribution >= 0.6 is 0 Å². The van der Waals surface area contributed by atoms with Crippen LogP contribution in [-0.4, -0.2) is 38.0 Å². The lowest BCUT2D eigenvalue weighted by molar-refractivity contribution is 0.0968. The fraction of sp³-hybridized carbons (Fsp3) is 0.500. The Hall–Kier alpha value is -1.26. The van der Waals surface area contributed by atoms with E-state index in [1.54, 1.807) is 0 Å². The first-order valence-corrected chi connectivity index (χ1v) is 5.63. The highest BCUT2D eigenvalue weighted by Crippen LogP contribution is 2.29. The average molecular weight is 222 g/mol. The van der Waals surface area contributed by atoms with Crippen LogP contribution in [0, 0.1) is 0 Å². The van der Waals surface area contributed by atoms with Gasteiger partial charge in [0.25, 0.3) is 0 Å². The fourth-order valence-corrected chi connectivity index (χ4v) is 2.06. The van der Waals surface area contributed by atoms with Gasteiger partial charge in [-0.05, 0) is 30.2 Å². The maximum atomic E-state index is 8.59. The lowest BCUT2D eigenvalue weighted by atomic mass is 10.1. The molecule has 1 aromatic rings. The number of nitrogens with two attached hydrogens (primary N) is 1.